The van der Waals surface area contributed by atoms with Crippen molar-refractivity contribution in [1.29, 1.82) is 0 Å². The second-order valence-corrected chi connectivity index (χ2v) is 7.51. The summed E-state index contributed by atoms with van der Waals surface area (Å²) >= 11 is 0. The fraction of sp³-hybridized carbons (Fsp3) is 0.500. The van der Waals surface area contributed by atoms with Gasteiger partial charge in [0, 0.05) is 19.8 Å². The molecule has 0 saturated heterocycles. The third-order valence-corrected chi connectivity index (χ3v) is 4.51. The van der Waals surface area contributed by atoms with Crippen LogP contribution in [0.3, 0.4) is 0 Å². The van der Waals surface area contributed by atoms with Crippen LogP contribution in [-0.2, 0) is 9.84 Å². The van der Waals surface area contributed by atoms with Gasteiger partial charge in [0.15, 0.2) is 9.84 Å². The average molecular weight is 296 g/mol. The molecule has 1 aromatic rings. The third-order valence-electron chi connectivity index (χ3n) is 3.35. The summed E-state index contributed by atoms with van der Waals surface area (Å²) in [4.78, 5) is 13.8. The number of benzene rings is 1. The molecule has 1 aliphatic carbocycles. The van der Waals surface area contributed by atoms with E-state index >= 15 is 0 Å². The first-order valence-corrected chi connectivity index (χ1v) is 8.49. The lowest BCUT2D eigenvalue weighted by atomic mass is 10.2. The van der Waals surface area contributed by atoms with Crippen LogP contribution >= 0.6 is 0 Å². The van der Waals surface area contributed by atoms with E-state index in [1.54, 1.807) is 24.1 Å². The Bertz CT molecular complexity index is 621. The summed E-state index contributed by atoms with van der Waals surface area (Å²) in [6, 6.07) is 4.66. The van der Waals surface area contributed by atoms with Crippen molar-refractivity contribution in [3.8, 4) is 0 Å². The number of amides is 2. The van der Waals surface area contributed by atoms with E-state index in [-0.39, 0.29) is 10.9 Å². The van der Waals surface area contributed by atoms with Crippen LogP contribution in [0, 0.1) is 12.8 Å². The van der Waals surface area contributed by atoms with Crippen molar-refractivity contribution < 1.29 is 13.2 Å². The van der Waals surface area contributed by atoms with E-state index in [0.29, 0.717) is 18.2 Å². The van der Waals surface area contributed by atoms with Crippen molar-refractivity contribution in [1.82, 2.24) is 4.90 Å². The molecule has 0 aliphatic heterocycles. The fourth-order valence-electron chi connectivity index (χ4n) is 2.05. The van der Waals surface area contributed by atoms with Gasteiger partial charge in [0.25, 0.3) is 0 Å². The molecule has 1 aromatic carbocycles. The van der Waals surface area contributed by atoms with Gasteiger partial charge in [-0.25, -0.2) is 13.2 Å². The number of aryl methyl sites for hydroxylation is 1. The summed E-state index contributed by atoms with van der Waals surface area (Å²) < 4.78 is 23.5. The molecule has 1 N–H and O–H groups in total. The van der Waals surface area contributed by atoms with E-state index in [1.807, 2.05) is 6.92 Å². The Labute approximate surface area is 119 Å². The van der Waals surface area contributed by atoms with Gasteiger partial charge in [0.2, 0.25) is 0 Å². The Morgan fingerprint density at radius 2 is 2.05 bits per heavy atom. The van der Waals surface area contributed by atoms with Gasteiger partial charge in [0.05, 0.1) is 10.6 Å². The van der Waals surface area contributed by atoms with Crippen LogP contribution < -0.4 is 5.32 Å². The van der Waals surface area contributed by atoms with Gasteiger partial charge in [-0.2, -0.15) is 0 Å². The molecule has 1 aliphatic rings. The highest BCUT2D eigenvalue weighted by atomic mass is 32.2. The molecular formula is C14H20N2O3S. The van der Waals surface area contributed by atoms with Crippen molar-refractivity contribution in [2.75, 3.05) is 25.2 Å². The van der Waals surface area contributed by atoms with Crippen LogP contribution in [0.25, 0.3) is 0 Å². The second-order valence-electron chi connectivity index (χ2n) is 5.53. The third kappa shape index (κ3) is 3.72. The molecule has 0 bridgehead atoms. The van der Waals surface area contributed by atoms with Crippen LogP contribution in [0.2, 0.25) is 0 Å². The summed E-state index contributed by atoms with van der Waals surface area (Å²) in [6.07, 6.45) is 3.47. The lowest BCUT2D eigenvalue weighted by Gasteiger charge is -2.19. The number of hydrogen-bond donors (Lipinski definition) is 1. The molecule has 0 unspecified atom stereocenters. The number of anilines is 1. The normalized spacial score (nSPS) is 14.9. The molecule has 6 heteroatoms. The standard InChI is InChI=1S/C14H20N2O3S/c1-10-4-7-13(20(3,18)19)12(8-10)15-14(17)16(2)9-11-5-6-11/h4,7-8,11H,5-6,9H2,1-3H3,(H,15,17). The van der Waals surface area contributed by atoms with Crippen LogP contribution in [0.4, 0.5) is 10.5 Å². The zero-order valence-electron chi connectivity index (χ0n) is 12.0. The molecule has 2 rings (SSSR count). The van der Waals surface area contributed by atoms with Gasteiger partial charge in [-0.15, -0.1) is 0 Å². The van der Waals surface area contributed by atoms with Crippen LogP contribution in [0.15, 0.2) is 23.1 Å². The fourth-order valence-corrected chi connectivity index (χ4v) is 2.87. The first kappa shape index (κ1) is 14.8. The molecule has 20 heavy (non-hydrogen) atoms. The maximum absolute atomic E-state index is 12.1. The van der Waals surface area contributed by atoms with Crippen LogP contribution in [0.5, 0.6) is 0 Å². The minimum absolute atomic E-state index is 0.149. The first-order chi connectivity index (χ1) is 9.27. The summed E-state index contributed by atoms with van der Waals surface area (Å²) in [6.45, 7) is 2.57. The molecular weight excluding hydrogens is 276 g/mol. The Morgan fingerprint density at radius 1 is 1.40 bits per heavy atom. The lowest BCUT2D eigenvalue weighted by Crippen LogP contribution is -2.33. The minimum Gasteiger partial charge on any atom is -0.327 e. The van der Waals surface area contributed by atoms with E-state index < -0.39 is 9.84 Å². The number of carbonyl (C=O) groups excluding carboxylic acids is 1. The quantitative estimate of drug-likeness (QED) is 0.927. The van der Waals surface area contributed by atoms with Crippen molar-refractivity contribution in [2.45, 2.75) is 24.7 Å². The van der Waals surface area contributed by atoms with Crippen molar-refractivity contribution in [3.63, 3.8) is 0 Å². The van der Waals surface area contributed by atoms with E-state index in [4.69, 9.17) is 0 Å². The zero-order valence-corrected chi connectivity index (χ0v) is 12.8. The number of nitrogens with zero attached hydrogens (tertiary/aromatic N) is 1. The predicted octanol–water partition coefficient (Wildman–Crippen LogP) is 2.27. The molecule has 1 fully saturated rings. The van der Waals surface area contributed by atoms with Gasteiger partial charge >= 0.3 is 6.03 Å². The van der Waals surface area contributed by atoms with E-state index in [1.165, 1.54) is 6.07 Å². The highest BCUT2D eigenvalue weighted by Gasteiger charge is 2.25. The van der Waals surface area contributed by atoms with E-state index in [0.717, 1.165) is 24.7 Å². The summed E-state index contributed by atoms with van der Waals surface area (Å²) in [7, 11) is -1.64. The largest absolute Gasteiger partial charge is 0.327 e. The van der Waals surface area contributed by atoms with Crippen molar-refractivity contribution in [2.24, 2.45) is 5.92 Å². The molecule has 0 atom stereocenters. The SMILES string of the molecule is Cc1ccc(S(C)(=O)=O)c(NC(=O)N(C)CC2CC2)c1. The molecule has 5 nitrogen and oxygen atoms in total. The zero-order chi connectivity index (χ0) is 14.9. The minimum atomic E-state index is -3.37. The number of urea groups is 1. The van der Waals surface area contributed by atoms with Gasteiger partial charge < -0.3 is 10.2 Å². The smallest absolute Gasteiger partial charge is 0.321 e. The summed E-state index contributed by atoms with van der Waals surface area (Å²) in [5.41, 5.74) is 1.25. The number of sulfone groups is 1. The molecule has 110 valence electrons. The van der Waals surface area contributed by atoms with Gasteiger partial charge in [0.1, 0.15) is 0 Å². The van der Waals surface area contributed by atoms with E-state index in [2.05, 4.69) is 5.32 Å². The molecule has 0 heterocycles. The summed E-state index contributed by atoms with van der Waals surface area (Å²) in [5, 5.41) is 2.70. The monoisotopic (exact) mass is 296 g/mol. The molecule has 0 spiro atoms. The van der Waals surface area contributed by atoms with Crippen molar-refractivity contribution in [3.05, 3.63) is 23.8 Å². The van der Waals surface area contributed by atoms with Crippen LogP contribution in [-0.4, -0.2) is 39.2 Å². The number of rotatable bonds is 4. The van der Waals surface area contributed by atoms with Gasteiger partial charge in [-0.3, -0.25) is 0 Å². The Hall–Kier alpha value is -1.56. The molecule has 0 aromatic heterocycles. The topological polar surface area (TPSA) is 66.5 Å². The highest BCUT2D eigenvalue weighted by Crippen LogP contribution is 2.29. The second kappa shape index (κ2) is 5.44. The number of nitrogens with one attached hydrogen (secondary N) is 1. The van der Waals surface area contributed by atoms with Crippen molar-refractivity contribution >= 4 is 21.6 Å². The van der Waals surface area contributed by atoms with Gasteiger partial charge in [-0.1, -0.05) is 6.07 Å². The Kier molecular flexibility index (Phi) is 4.04. The maximum atomic E-state index is 12.1. The number of hydrogen-bond acceptors (Lipinski definition) is 3. The predicted molar refractivity (Wildman–Crippen MR) is 78.7 cm³/mol. The molecule has 2 amide bonds. The first-order valence-electron chi connectivity index (χ1n) is 6.60. The van der Waals surface area contributed by atoms with E-state index in [9.17, 15) is 13.2 Å². The summed E-state index contributed by atoms with van der Waals surface area (Å²) in [5.74, 6) is 0.595. The van der Waals surface area contributed by atoms with Crippen LogP contribution in [0.1, 0.15) is 18.4 Å². The average Bonchev–Trinajstić information content (AvgIpc) is 3.11. The van der Waals surface area contributed by atoms with Gasteiger partial charge in [-0.05, 0) is 43.4 Å². The lowest BCUT2D eigenvalue weighted by molar-refractivity contribution is 0.220. The Morgan fingerprint density at radius 3 is 2.60 bits per heavy atom. The molecule has 1 saturated carbocycles. The maximum Gasteiger partial charge on any atom is 0.321 e. The Balaban J connectivity index is 2.18. The molecule has 0 radical (unpaired) electrons. The number of carbonyl (C=O) groups is 1. The highest BCUT2D eigenvalue weighted by molar-refractivity contribution is 7.90.